The van der Waals surface area contributed by atoms with Crippen molar-refractivity contribution in [1.29, 1.82) is 5.26 Å². The third kappa shape index (κ3) is 4.24. The van der Waals surface area contributed by atoms with Crippen LogP contribution >= 0.6 is 0 Å². The van der Waals surface area contributed by atoms with E-state index in [1.165, 1.54) is 5.01 Å². The zero-order valence-electron chi connectivity index (χ0n) is 15.2. The number of amidine groups is 1. The quantitative estimate of drug-likeness (QED) is 0.641. The first-order valence-corrected chi connectivity index (χ1v) is 8.71. The van der Waals surface area contributed by atoms with Gasteiger partial charge < -0.3 is 10.6 Å². The molecule has 28 heavy (non-hydrogen) atoms. The normalized spacial score (nSPS) is 15.9. The molecule has 1 aromatic heterocycles. The Balaban J connectivity index is 1.57. The minimum Gasteiger partial charge on any atom is -0.367 e. The molecular weight excluding hydrogens is 358 g/mol. The molecule has 9 heteroatoms. The number of nitrogens with zero attached hydrogens (tertiary/aromatic N) is 4. The molecular formula is C19H19N7O2. The number of hydrazine groups is 1. The van der Waals surface area contributed by atoms with Crippen LogP contribution in [0.4, 0.5) is 11.5 Å². The van der Waals surface area contributed by atoms with Gasteiger partial charge in [-0.05, 0) is 31.2 Å². The zero-order valence-corrected chi connectivity index (χ0v) is 15.2. The Hall–Kier alpha value is -3.93. The van der Waals surface area contributed by atoms with E-state index in [9.17, 15) is 9.59 Å². The highest BCUT2D eigenvalue weighted by Crippen LogP contribution is 2.15. The Morgan fingerprint density at radius 3 is 2.79 bits per heavy atom. The Kier molecular flexibility index (Phi) is 5.81. The number of carbonyl (C=O) groups excluding carboxylic acids is 2. The van der Waals surface area contributed by atoms with Gasteiger partial charge >= 0.3 is 0 Å². The molecule has 1 aliphatic heterocycles. The number of hydrogen-bond acceptors (Lipinski definition) is 7. The van der Waals surface area contributed by atoms with Gasteiger partial charge in [0.2, 0.25) is 5.84 Å². The topological polar surface area (TPSA) is 123 Å². The first kappa shape index (κ1) is 18.8. The summed E-state index contributed by atoms with van der Waals surface area (Å²) < 4.78 is 0. The van der Waals surface area contributed by atoms with E-state index < -0.39 is 11.9 Å². The van der Waals surface area contributed by atoms with Crippen LogP contribution < -0.4 is 21.1 Å². The highest BCUT2D eigenvalue weighted by molar-refractivity contribution is 6.39. The molecule has 2 aromatic rings. The minimum absolute atomic E-state index is 0.0616. The van der Waals surface area contributed by atoms with Gasteiger partial charge in [-0.15, -0.1) is 0 Å². The van der Waals surface area contributed by atoms with Crippen LogP contribution in [0.15, 0.2) is 53.7 Å². The van der Waals surface area contributed by atoms with Crippen LogP contribution in [0.5, 0.6) is 0 Å². The summed E-state index contributed by atoms with van der Waals surface area (Å²) >= 11 is 0. The maximum absolute atomic E-state index is 12.4. The van der Waals surface area contributed by atoms with E-state index in [0.717, 1.165) is 0 Å². The van der Waals surface area contributed by atoms with Crippen molar-refractivity contribution in [2.45, 2.75) is 13.0 Å². The van der Waals surface area contributed by atoms with E-state index in [2.05, 4.69) is 26.0 Å². The summed E-state index contributed by atoms with van der Waals surface area (Å²) in [5.74, 6) is -0.152. The van der Waals surface area contributed by atoms with Crippen molar-refractivity contribution in [3.63, 3.8) is 0 Å². The molecule has 2 heterocycles. The highest BCUT2D eigenvalue weighted by Gasteiger charge is 2.30. The van der Waals surface area contributed by atoms with Crippen molar-refractivity contribution in [1.82, 2.24) is 15.7 Å². The summed E-state index contributed by atoms with van der Waals surface area (Å²) in [7, 11) is 0. The largest absolute Gasteiger partial charge is 0.367 e. The van der Waals surface area contributed by atoms with Crippen LogP contribution in [0.25, 0.3) is 0 Å². The second-order valence-corrected chi connectivity index (χ2v) is 5.97. The number of pyridine rings is 1. The number of anilines is 2. The van der Waals surface area contributed by atoms with Crippen LogP contribution in [0.1, 0.15) is 12.5 Å². The summed E-state index contributed by atoms with van der Waals surface area (Å²) in [4.78, 5) is 33.0. The SMILES string of the molecule is CC1N=C(C(=O)NCCNc2ncccc2C#N)NN(c2ccccc2)C1=O. The Labute approximate surface area is 162 Å². The van der Waals surface area contributed by atoms with Gasteiger partial charge in [0, 0.05) is 19.3 Å². The van der Waals surface area contributed by atoms with Crippen molar-refractivity contribution in [2.75, 3.05) is 23.4 Å². The van der Waals surface area contributed by atoms with Gasteiger partial charge in [0.1, 0.15) is 17.9 Å². The second kappa shape index (κ2) is 8.64. The van der Waals surface area contributed by atoms with Gasteiger partial charge in [-0.1, -0.05) is 18.2 Å². The number of aliphatic imine (C=N–C) groups is 1. The van der Waals surface area contributed by atoms with Gasteiger partial charge in [0.25, 0.3) is 11.8 Å². The molecule has 1 atom stereocenters. The third-order valence-electron chi connectivity index (χ3n) is 3.98. The molecule has 1 aliphatic rings. The average Bonchev–Trinajstić information content (AvgIpc) is 2.73. The van der Waals surface area contributed by atoms with Gasteiger partial charge in [-0.25, -0.2) is 15.0 Å². The minimum atomic E-state index is -0.674. The molecule has 3 rings (SSSR count). The lowest BCUT2D eigenvalue weighted by Crippen LogP contribution is -2.58. The lowest BCUT2D eigenvalue weighted by molar-refractivity contribution is -0.120. The van der Waals surface area contributed by atoms with Crippen molar-refractivity contribution in [3.05, 3.63) is 54.2 Å². The van der Waals surface area contributed by atoms with Crippen LogP contribution in [0, 0.1) is 11.3 Å². The third-order valence-corrected chi connectivity index (χ3v) is 3.98. The van der Waals surface area contributed by atoms with E-state index >= 15 is 0 Å². The first-order chi connectivity index (χ1) is 13.6. The second-order valence-electron chi connectivity index (χ2n) is 5.97. The van der Waals surface area contributed by atoms with E-state index in [4.69, 9.17) is 5.26 Å². The molecule has 3 N–H and O–H groups in total. The van der Waals surface area contributed by atoms with Crippen LogP contribution in [-0.4, -0.2) is 41.8 Å². The molecule has 0 bridgehead atoms. The number of hydrogen-bond donors (Lipinski definition) is 3. The lowest BCUT2D eigenvalue weighted by atomic mass is 10.2. The molecule has 0 saturated carbocycles. The predicted molar refractivity (Wildman–Crippen MR) is 104 cm³/mol. The number of para-hydroxylation sites is 1. The number of aromatic nitrogens is 1. The van der Waals surface area contributed by atoms with Crippen molar-refractivity contribution < 1.29 is 9.59 Å². The molecule has 2 amide bonds. The maximum Gasteiger partial charge on any atom is 0.288 e. The standard InChI is InChI=1S/C19H19N7O2/c1-13-19(28)26(15-7-3-2-4-8-15)25-17(24-13)18(27)23-11-10-22-16-14(12-20)6-5-9-21-16/h2-9,13H,10-11H2,1H3,(H,21,22)(H,23,27)(H,24,25). The number of amides is 2. The van der Waals surface area contributed by atoms with Crippen molar-refractivity contribution in [3.8, 4) is 6.07 Å². The van der Waals surface area contributed by atoms with Crippen molar-refractivity contribution in [2.24, 2.45) is 4.99 Å². The fraction of sp³-hybridized carbons (Fsp3) is 0.211. The Morgan fingerprint density at radius 2 is 2.04 bits per heavy atom. The smallest absolute Gasteiger partial charge is 0.288 e. The van der Waals surface area contributed by atoms with Crippen molar-refractivity contribution >= 4 is 29.2 Å². The molecule has 0 radical (unpaired) electrons. The first-order valence-electron chi connectivity index (χ1n) is 8.71. The Morgan fingerprint density at radius 1 is 1.25 bits per heavy atom. The average molecular weight is 377 g/mol. The monoisotopic (exact) mass is 377 g/mol. The van der Waals surface area contributed by atoms with E-state index in [1.54, 1.807) is 49.5 Å². The maximum atomic E-state index is 12.4. The van der Waals surface area contributed by atoms with E-state index in [0.29, 0.717) is 23.6 Å². The number of rotatable bonds is 6. The summed E-state index contributed by atoms with van der Waals surface area (Å²) in [6.45, 7) is 2.30. The number of nitriles is 1. The molecule has 0 fully saturated rings. The zero-order chi connectivity index (χ0) is 19.9. The molecule has 142 valence electrons. The Bertz CT molecular complexity index is 937. The molecule has 0 aliphatic carbocycles. The summed E-state index contributed by atoms with van der Waals surface area (Å²) in [6.07, 6.45) is 1.58. The number of nitrogens with one attached hydrogen (secondary N) is 3. The highest BCUT2D eigenvalue weighted by atomic mass is 16.2. The number of benzene rings is 1. The fourth-order valence-corrected chi connectivity index (χ4v) is 2.58. The van der Waals surface area contributed by atoms with E-state index in [1.807, 2.05) is 12.1 Å². The summed E-state index contributed by atoms with van der Waals surface area (Å²) in [5, 5.41) is 16.1. The van der Waals surface area contributed by atoms with Crippen LogP contribution in [0.3, 0.4) is 0 Å². The van der Waals surface area contributed by atoms with Gasteiger partial charge in [0.15, 0.2) is 0 Å². The molecule has 9 nitrogen and oxygen atoms in total. The molecule has 0 spiro atoms. The lowest BCUT2D eigenvalue weighted by Gasteiger charge is -2.30. The summed E-state index contributed by atoms with van der Waals surface area (Å²) in [6, 6.07) is 13.7. The predicted octanol–water partition coefficient (Wildman–Crippen LogP) is 0.820. The van der Waals surface area contributed by atoms with Gasteiger partial charge in [-0.2, -0.15) is 5.26 Å². The van der Waals surface area contributed by atoms with Crippen LogP contribution in [-0.2, 0) is 9.59 Å². The van der Waals surface area contributed by atoms with Crippen LogP contribution in [0.2, 0.25) is 0 Å². The van der Waals surface area contributed by atoms with Gasteiger partial charge in [-0.3, -0.25) is 15.0 Å². The number of carbonyl (C=O) groups is 2. The van der Waals surface area contributed by atoms with Gasteiger partial charge in [0.05, 0.1) is 11.3 Å². The van der Waals surface area contributed by atoms with E-state index in [-0.39, 0.29) is 18.3 Å². The molecule has 0 saturated heterocycles. The fourth-order valence-electron chi connectivity index (χ4n) is 2.58. The molecule has 1 aromatic carbocycles. The summed E-state index contributed by atoms with van der Waals surface area (Å²) in [5.41, 5.74) is 3.83. The molecule has 1 unspecified atom stereocenters.